The fourth-order valence-electron chi connectivity index (χ4n) is 1.26. The van der Waals surface area contributed by atoms with Crippen LogP contribution in [0, 0.1) is 0 Å². The van der Waals surface area contributed by atoms with Gasteiger partial charge in [-0.3, -0.25) is 0 Å². The van der Waals surface area contributed by atoms with Gasteiger partial charge in [-0.05, 0) is 26.3 Å². The summed E-state index contributed by atoms with van der Waals surface area (Å²) < 4.78 is 0. The van der Waals surface area contributed by atoms with Crippen molar-refractivity contribution < 1.29 is 0 Å². The number of nitrogens with one attached hydrogen (secondary N) is 1. The molecule has 0 aromatic rings. The lowest BCUT2D eigenvalue weighted by atomic mass is 10.2. The summed E-state index contributed by atoms with van der Waals surface area (Å²) in [6.45, 7) is 7.96. The van der Waals surface area contributed by atoms with Crippen molar-refractivity contribution in [2.24, 2.45) is 0 Å². The quantitative estimate of drug-likeness (QED) is 0.560. The molecule has 0 fully saturated rings. The Bertz CT molecular complexity index is 71.3. The van der Waals surface area contributed by atoms with Crippen molar-refractivity contribution in [3.05, 3.63) is 0 Å². The monoisotopic (exact) mass is 157 g/mol. The smallest absolute Gasteiger partial charge is 0.00386 e. The number of hydrogen-bond donors (Lipinski definition) is 1. The van der Waals surface area contributed by atoms with Crippen molar-refractivity contribution in [3.63, 3.8) is 0 Å². The molecule has 0 spiro atoms. The minimum absolute atomic E-state index is 0.719. The molecule has 0 aromatic carbocycles. The third kappa shape index (κ3) is 7.86. The summed E-state index contributed by atoms with van der Waals surface area (Å²) in [4.78, 5) is 0. The van der Waals surface area contributed by atoms with Crippen molar-refractivity contribution in [2.75, 3.05) is 6.54 Å². The van der Waals surface area contributed by atoms with Gasteiger partial charge in [-0.2, -0.15) is 0 Å². The fraction of sp³-hybridized carbons (Fsp3) is 1.00. The van der Waals surface area contributed by atoms with E-state index < -0.39 is 0 Å². The van der Waals surface area contributed by atoms with Gasteiger partial charge in [0.2, 0.25) is 0 Å². The molecule has 1 atom stereocenters. The largest absolute Gasteiger partial charge is 0.314 e. The zero-order chi connectivity index (χ0) is 8.53. The second kappa shape index (κ2) is 8.06. The van der Waals surface area contributed by atoms with Crippen molar-refractivity contribution in [2.45, 2.75) is 58.9 Å². The Kier molecular flexibility index (Phi) is 8.03. The standard InChI is InChI=1S/C10H23N/c1-4-6-7-9-11-10(3)8-5-2/h10-11H,4-9H2,1-3H3/t10-/m1/s1. The average molecular weight is 157 g/mol. The zero-order valence-electron chi connectivity index (χ0n) is 8.32. The molecule has 1 heteroatoms. The van der Waals surface area contributed by atoms with Crippen LogP contribution in [0.4, 0.5) is 0 Å². The highest BCUT2D eigenvalue weighted by Crippen LogP contribution is 1.96. The Labute approximate surface area is 71.6 Å². The van der Waals surface area contributed by atoms with E-state index in [-0.39, 0.29) is 0 Å². The fourth-order valence-corrected chi connectivity index (χ4v) is 1.26. The van der Waals surface area contributed by atoms with Gasteiger partial charge in [0, 0.05) is 6.04 Å². The minimum Gasteiger partial charge on any atom is -0.314 e. The molecule has 0 rings (SSSR count). The van der Waals surface area contributed by atoms with Gasteiger partial charge in [0.05, 0.1) is 0 Å². The zero-order valence-corrected chi connectivity index (χ0v) is 8.32. The highest BCUT2D eigenvalue weighted by atomic mass is 14.9. The topological polar surface area (TPSA) is 12.0 Å². The molecule has 0 radical (unpaired) electrons. The van der Waals surface area contributed by atoms with E-state index in [2.05, 4.69) is 26.1 Å². The maximum Gasteiger partial charge on any atom is 0.00386 e. The summed E-state index contributed by atoms with van der Waals surface area (Å²) in [7, 11) is 0. The van der Waals surface area contributed by atoms with E-state index in [9.17, 15) is 0 Å². The maximum atomic E-state index is 3.52. The third-order valence-corrected chi connectivity index (χ3v) is 1.99. The van der Waals surface area contributed by atoms with E-state index in [4.69, 9.17) is 0 Å². The molecular formula is C10H23N. The molecule has 0 heterocycles. The Balaban J connectivity index is 2.97. The minimum atomic E-state index is 0.719. The van der Waals surface area contributed by atoms with Crippen LogP contribution in [-0.4, -0.2) is 12.6 Å². The van der Waals surface area contributed by atoms with Crippen molar-refractivity contribution in [1.29, 1.82) is 0 Å². The summed E-state index contributed by atoms with van der Waals surface area (Å²) in [6, 6.07) is 0.719. The molecule has 1 nitrogen and oxygen atoms in total. The SMILES string of the molecule is CCCCCN[C@H](C)CCC. The Morgan fingerprint density at radius 1 is 1.09 bits per heavy atom. The lowest BCUT2D eigenvalue weighted by Gasteiger charge is -2.11. The number of rotatable bonds is 7. The molecule has 0 saturated carbocycles. The lowest BCUT2D eigenvalue weighted by molar-refractivity contribution is 0.494. The highest BCUT2D eigenvalue weighted by molar-refractivity contribution is 4.58. The second-order valence-corrected chi connectivity index (χ2v) is 3.35. The molecule has 11 heavy (non-hydrogen) atoms. The molecule has 68 valence electrons. The summed E-state index contributed by atoms with van der Waals surface area (Å²) >= 11 is 0. The van der Waals surface area contributed by atoms with E-state index in [1.807, 2.05) is 0 Å². The van der Waals surface area contributed by atoms with Gasteiger partial charge in [-0.15, -0.1) is 0 Å². The van der Waals surface area contributed by atoms with Gasteiger partial charge in [0.1, 0.15) is 0 Å². The lowest BCUT2D eigenvalue weighted by Crippen LogP contribution is -2.26. The molecule has 0 aliphatic carbocycles. The van der Waals surface area contributed by atoms with Gasteiger partial charge < -0.3 is 5.32 Å². The van der Waals surface area contributed by atoms with Crippen LogP contribution >= 0.6 is 0 Å². The van der Waals surface area contributed by atoms with Crippen LogP contribution in [0.1, 0.15) is 52.9 Å². The Morgan fingerprint density at radius 3 is 2.36 bits per heavy atom. The summed E-state index contributed by atoms with van der Waals surface area (Å²) in [5.41, 5.74) is 0. The van der Waals surface area contributed by atoms with Crippen LogP contribution in [0.25, 0.3) is 0 Å². The van der Waals surface area contributed by atoms with E-state index in [0.717, 1.165) is 6.04 Å². The molecular weight excluding hydrogens is 134 g/mol. The van der Waals surface area contributed by atoms with Gasteiger partial charge in [0.15, 0.2) is 0 Å². The average Bonchev–Trinajstić information content (AvgIpc) is 1.99. The molecule has 1 N–H and O–H groups in total. The van der Waals surface area contributed by atoms with E-state index in [1.54, 1.807) is 0 Å². The van der Waals surface area contributed by atoms with Crippen LogP contribution in [0.15, 0.2) is 0 Å². The normalized spacial score (nSPS) is 13.4. The number of unbranched alkanes of at least 4 members (excludes halogenated alkanes) is 2. The predicted octanol–water partition coefficient (Wildman–Crippen LogP) is 2.95. The van der Waals surface area contributed by atoms with E-state index >= 15 is 0 Å². The molecule has 0 aliphatic rings. The first-order chi connectivity index (χ1) is 5.31. The van der Waals surface area contributed by atoms with Crippen LogP contribution in [-0.2, 0) is 0 Å². The first-order valence-corrected chi connectivity index (χ1v) is 5.04. The molecule has 0 aliphatic heterocycles. The van der Waals surface area contributed by atoms with Crippen molar-refractivity contribution in [1.82, 2.24) is 5.32 Å². The van der Waals surface area contributed by atoms with Gasteiger partial charge in [-0.25, -0.2) is 0 Å². The summed E-state index contributed by atoms with van der Waals surface area (Å²) in [6.07, 6.45) is 6.63. The molecule has 0 aromatic heterocycles. The van der Waals surface area contributed by atoms with Gasteiger partial charge in [0.25, 0.3) is 0 Å². The molecule has 0 saturated heterocycles. The summed E-state index contributed by atoms with van der Waals surface area (Å²) in [5, 5.41) is 3.52. The van der Waals surface area contributed by atoms with Gasteiger partial charge >= 0.3 is 0 Å². The van der Waals surface area contributed by atoms with E-state index in [1.165, 1.54) is 38.6 Å². The third-order valence-electron chi connectivity index (χ3n) is 1.99. The van der Waals surface area contributed by atoms with Crippen LogP contribution < -0.4 is 5.32 Å². The first kappa shape index (κ1) is 11.0. The maximum absolute atomic E-state index is 3.52. The predicted molar refractivity (Wildman–Crippen MR) is 51.9 cm³/mol. The first-order valence-electron chi connectivity index (χ1n) is 5.04. The van der Waals surface area contributed by atoms with Crippen LogP contribution in [0.5, 0.6) is 0 Å². The van der Waals surface area contributed by atoms with Crippen LogP contribution in [0.2, 0.25) is 0 Å². The molecule has 0 unspecified atom stereocenters. The van der Waals surface area contributed by atoms with Gasteiger partial charge in [-0.1, -0.05) is 33.1 Å². The second-order valence-electron chi connectivity index (χ2n) is 3.35. The Morgan fingerprint density at radius 2 is 1.82 bits per heavy atom. The molecule has 0 amide bonds. The highest BCUT2D eigenvalue weighted by Gasteiger charge is 1.96. The van der Waals surface area contributed by atoms with Crippen molar-refractivity contribution in [3.8, 4) is 0 Å². The summed E-state index contributed by atoms with van der Waals surface area (Å²) in [5.74, 6) is 0. The molecule has 0 bridgehead atoms. The van der Waals surface area contributed by atoms with Crippen molar-refractivity contribution >= 4 is 0 Å². The van der Waals surface area contributed by atoms with Crippen LogP contribution in [0.3, 0.4) is 0 Å². The Hall–Kier alpha value is -0.0400. The number of hydrogen-bond acceptors (Lipinski definition) is 1. The van der Waals surface area contributed by atoms with E-state index in [0.29, 0.717) is 0 Å².